The highest BCUT2D eigenvalue weighted by Crippen LogP contribution is 2.17. The number of amides is 2. The van der Waals surface area contributed by atoms with Crippen molar-refractivity contribution < 1.29 is 13.2 Å². The first-order chi connectivity index (χ1) is 9.83. The summed E-state index contributed by atoms with van der Waals surface area (Å²) in [6.07, 6.45) is 2.36. The molecule has 1 aromatic carbocycles. The number of anilines is 1. The Morgan fingerprint density at radius 2 is 2.00 bits per heavy atom. The largest absolute Gasteiger partial charge is 0.324 e. The first kappa shape index (κ1) is 16.1. The van der Waals surface area contributed by atoms with Crippen LogP contribution in [-0.2, 0) is 10.0 Å². The lowest BCUT2D eigenvalue weighted by Gasteiger charge is -2.32. The third-order valence-electron chi connectivity index (χ3n) is 3.24. The van der Waals surface area contributed by atoms with E-state index < -0.39 is 10.0 Å². The lowest BCUT2D eigenvalue weighted by Crippen LogP contribution is -2.47. The molecule has 0 aliphatic carbocycles. The number of hydrogen-bond donors (Lipinski definition) is 2. The number of carbonyl (C=O) groups excluding carboxylic acids is 1. The third kappa shape index (κ3) is 5.18. The van der Waals surface area contributed by atoms with E-state index in [4.69, 9.17) is 11.6 Å². The van der Waals surface area contributed by atoms with E-state index in [0.717, 1.165) is 6.26 Å². The normalized spacial score (nSPS) is 16.8. The number of sulfonamides is 1. The molecule has 0 atom stereocenters. The summed E-state index contributed by atoms with van der Waals surface area (Å²) in [6.45, 7) is 1.03. The highest BCUT2D eigenvalue weighted by molar-refractivity contribution is 7.88. The van der Waals surface area contributed by atoms with Crippen molar-refractivity contribution >= 4 is 33.3 Å². The topological polar surface area (TPSA) is 78.5 Å². The summed E-state index contributed by atoms with van der Waals surface area (Å²) >= 11 is 5.86. The average Bonchev–Trinajstić information content (AvgIpc) is 2.37. The van der Waals surface area contributed by atoms with Gasteiger partial charge in [-0.1, -0.05) is 17.7 Å². The number of nitrogens with zero attached hydrogens (tertiary/aromatic N) is 1. The summed E-state index contributed by atoms with van der Waals surface area (Å²) in [6, 6.07) is 6.64. The Hall–Kier alpha value is -1.31. The molecule has 116 valence electrons. The number of rotatable bonds is 3. The number of likely N-dealkylation sites (tertiary alicyclic amines) is 1. The number of benzene rings is 1. The predicted molar refractivity (Wildman–Crippen MR) is 83.0 cm³/mol. The minimum Gasteiger partial charge on any atom is -0.324 e. The van der Waals surface area contributed by atoms with Crippen LogP contribution in [0.5, 0.6) is 0 Å². The fourth-order valence-electron chi connectivity index (χ4n) is 2.27. The molecule has 0 bridgehead atoms. The zero-order chi connectivity index (χ0) is 15.5. The molecule has 2 N–H and O–H groups in total. The molecule has 1 fully saturated rings. The second-order valence-corrected chi connectivity index (χ2v) is 7.31. The monoisotopic (exact) mass is 331 g/mol. The van der Waals surface area contributed by atoms with E-state index in [1.807, 2.05) is 0 Å². The van der Waals surface area contributed by atoms with E-state index in [2.05, 4.69) is 10.0 Å². The molecule has 0 radical (unpaired) electrons. The highest BCUT2D eigenvalue weighted by atomic mass is 35.5. The number of carbonyl (C=O) groups is 1. The Morgan fingerprint density at radius 1 is 1.33 bits per heavy atom. The maximum absolute atomic E-state index is 12.1. The predicted octanol–water partition coefficient (Wildman–Crippen LogP) is 1.89. The van der Waals surface area contributed by atoms with Crippen LogP contribution in [0.4, 0.5) is 10.5 Å². The van der Waals surface area contributed by atoms with Crippen LogP contribution < -0.4 is 10.0 Å². The van der Waals surface area contributed by atoms with Gasteiger partial charge in [0.25, 0.3) is 0 Å². The van der Waals surface area contributed by atoms with Crippen molar-refractivity contribution in [2.45, 2.75) is 18.9 Å². The van der Waals surface area contributed by atoms with Gasteiger partial charge >= 0.3 is 6.03 Å². The molecule has 0 unspecified atom stereocenters. The Labute approximate surface area is 129 Å². The van der Waals surface area contributed by atoms with Crippen LogP contribution >= 0.6 is 11.6 Å². The number of piperidine rings is 1. The van der Waals surface area contributed by atoms with Gasteiger partial charge in [-0.25, -0.2) is 17.9 Å². The van der Waals surface area contributed by atoms with E-state index in [1.54, 1.807) is 29.2 Å². The maximum atomic E-state index is 12.1. The molecular weight excluding hydrogens is 314 g/mol. The van der Waals surface area contributed by atoms with E-state index in [-0.39, 0.29) is 12.1 Å². The maximum Gasteiger partial charge on any atom is 0.321 e. The Morgan fingerprint density at radius 3 is 2.57 bits per heavy atom. The first-order valence-electron chi connectivity index (χ1n) is 6.62. The SMILES string of the molecule is CS(=O)(=O)NC1CCN(C(=O)Nc2cccc(Cl)c2)CC1. The van der Waals surface area contributed by atoms with Crippen molar-refractivity contribution in [1.82, 2.24) is 9.62 Å². The third-order valence-corrected chi connectivity index (χ3v) is 4.24. The second kappa shape index (κ2) is 6.64. The number of urea groups is 1. The number of halogens is 1. The van der Waals surface area contributed by atoms with Crippen molar-refractivity contribution in [1.29, 1.82) is 0 Å². The molecule has 0 spiro atoms. The summed E-state index contributed by atoms with van der Waals surface area (Å²) in [5.41, 5.74) is 0.642. The zero-order valence-electron chi connectivity index (χ0n) is 11.7. The molecular formula is C13H18ClN3O3S. The lowest BCUT2D eigenvalue weighted by atomic mass is 10.1. The van der Waals surface area contributed by atoms with Gasteiger partial charge in [0, 0.05) is 29.8 Å². The molecule has 8 heteroatoms. The van der Waals surface area contributed by atoms with Crippen LogP contribution in [0, 0.1) is 0 Å². The van der Waals surface area contributed by atoms with Crippen LogP contribution in [0.2, 0.25) is 5.02 Å². The van der Waals surface area contributed by atoms with Gasteiger partial charge in [-0.15, -0.1) is 0 Å². The molecule has 2 rings (SSSR count). The summed E-state index contributed by atoms with van der Waals surface area (Å²) in [7, 11) is -3.20. The molecule has 1 aliphatic rings. The molecule has 0 aromatic heterocycles. The van der Waals surface area contributed by atoms with Crippen LogP contribution in [0.25, 0.3) is 0 Å². The minimum absolute atomic E-state index is 0.102. The quantitative estimate of drug-likeness (QED) is 0.887. The van der Waals surface area contributed by atoms with Gasteiger partial charge in [-0.2, -0.15) is 0 Å². The number of hydrogen-bond acceptors (Lipinski definition) is 3. The Kier molecular flexibility index (Phi) is 5.08. The molecule has 1 aliphatic heterocycles. The number of nitrogens with one attached hydrogen (secondary N) is 2. The summed E-state index contributed by atoms with van der Waals surface area (Å²) in [5, 5.41) is 3.34. The van der Waals surface area contributed by atoms with Crippen molar-refractivity contribution in [3.05, 3.63) is 29.3 Å². The molecule has 1 aromatic rings. The van der Waals surface area contributed by atoms with Crippen molar-refractivity contribution in [2.75, 3.05) is 24.7 Å². The lowest BCUT2D eigenvalue weighted by molar-refractivity contribution is 0.193. The van der Waals surface area contributed by atoms with Gasteiger partial charge in [0.05, 0.1) is 6.26 Å². The molecule has 1 saturated heterocycles. The van der Waals surface area contributed by atoms with Gasteiger partial charge in [-0.3, -0.25) is 0 Å². The Balaban J connectivity index is 1.86. The van der Waals surface area contributed by atoms with E-state index in [0.29, 0.717) is 36.6 Å². The van der Waals surface area contributed by atoms with Crippen LogP contribution in [0.15, 0.2) is 24.3 Å². The molecule has 0 saturated carbocycles. The van der Waals surface area contributed by atoms with E-state index >= 15 is 0 Å². The van der Waals surface area contributed by atoms with E-state index in [9.17, 15) is 13.2 Å². The van der Waals surface area contributed by atoms with Gasteiger partial charge in [0.15, 0.2) is 0 Å². The summed E-state index contributed by atoms with van der Waals surface area (Å²) < 4.78 is 24.9. The van der Waals surface area contributed by atoms with Crippen LogP contribution in [0.3, 0.4) is 0 Å². The fourth-order valence-corrected chi connectivity index (χ4v) is 3.30. The molecule has 2 amide bonds. The Bertz CT molecular complexity index is 613. The smallest absolute Gasteiger partial charge is 0.321 e. The van der Waals surface area contributed by atoms with Crippen molar-refractivity contribution in [2.24, 2.45) is 0 Å². The van der Waals surface area contributed by atoms with Crippen molar-refractivity contribution in [3.8, 4) is 0 Å². The van der Waals surface area contributed by atoms with Gasteiger partial charge in [0.2, 0.25) is 10.0 Å². The minimum atomic E-state index is -3.20. The van der Waals surface area contributed by atoms with Gasteiger partial charge in [-0.05, 0) is 31.0 Å². The second-order valence-electron chi connectivity index (χ2n) is 5.09. The van der Waals surface area contributed by atoms with Crippen LogP contribution in [0.1, 0.15) is 12.8 Å². The first-order valence-corrected chi connectivity index (χ1v) is 8.89. The highest BCUT2D eigenvalue weighted by Gasteiger charge is 2.24. The summed E-state index contributed by atoms with van der Waals surface area (Å²) in [5.74, 6) is 0. The standard InChI is InChI=1S/C13H18ClN3O3S/c1-21(19,20)16-11-5-7-17(8-6-11)13(18)15-12-4-2-3-10(14)9-12/h2-4,9,11,16H,5-8H2,1H3,(H,15,18). The fraction of sp³-hybridized carbons (Fsp3) is 0.462. The summed E-state index contributed by atoms with van der Waals surface area (Å²) in [4.78, 5) is 13.8. The molecule has 6 nitrogen and oxygen atoms in total. The molecule has 21 heavy (non-hydrogen) atoms. The zero-order valence-corrected chi connectivity index (χ0v) is 13.2. The van der Waals surface area contributed by atoms with Gasteiger partial charge < -0.3 is 10.2 Å². The van der Waals surface area contributed by atoms with Crippen molar-refractivity contribution in [3.63, 3.8) is 0 Å². The average molecular weight is 332 g/mol. The van der Waals surface area contributed by atoms with E-state index in [1.165, 1.54) is 0 Å². The van der Waals surface area contributed by atoms with Crippen LogP contribution in [-0.4, -0.2) is 44.7 Å². The van der Waals surface area contributed by atoms with Gasteiger partial charge in [0.1, 0.15) is 0 Å². The molecule has 1 heterocycles.